The summed E-state index contributed by atoms with van der Waals surface area (Å²) in [5.74, 6) is 0.687. The van der Waals surface area contributed by atoms with Gasteiger partial charge in [-0.2, -0.15) is 13.2 Å². The van der Waals surface area contributed by atoms with E-state index in [2.05, 4.69) is 0 Å². The summed E-state index contributed by atoms with van der Waals surface area (Å²) >= 11 is 1.55. The van der Waals surface area contributed by atoms with Crippen molar-refractivity contribution in [2.24, 2.45) is 0 Å². The summed E-state index contributed by atoms with van der Waals surface area (Å²) in [5.41, 5.74) is 0.950. The fourth-order valence-corrected chi connectivity index (χ4v) is 3.10. The molecule has 0 amide bonds. The van der Waals surface area contributed by atoms with Crippen LogP contribution < -0.4 is 4.74 Å². The van der Waals surface area contributed by atoms with Gasteiger partial charge in [0.25, 0.3) is 0 Å². The molecule has 0 aromatic heterocycles. The molecular weight excluding hydrogens is 301 g/mol. The molecule has 1 atom stereocenters. The summed E-state index contributed by atoms with van der Waals surface area (Å²) in [5, 5.41) is 9.39. The Balaban J connectivity index is 2.38. The maximum absolute atomic E-state index is 12.6. The van der Waals surface area contributed by atoms with Crippen LogP contribution >= 0.6 is 11.8 Å². The first-order valence-electron chi connectivity index (χ1n) is 6.74. The molecular formula is C15H19F3O2S. The van der Waals surface area contributed by atoms with Crippen LogP contribution in [0.1, 0.15) is 31.4 Å². The van der Waals surface area contributed by atoms with Crippen molar-refractivity contribution in [3.05, 3.63) is 23.3 Å². The van der Waals surface area contributed by atoms with Gasteiger partial charge in [0, 0.05) is 16.9 Å². The molecule has 2 rings (SSSR count). The lowest BCUT2D eigenvalue weighted by Crippen LogP contribution is -2.35. The number of rotatable bonds is 4. The van der Waals surface area contributed by atoms with Gasteiger partial charge in [0.05, 0.1) is 6.61 Å². The third kappa shape index (κ3) is 3.48. The van der Waals surface area contributed by atoms with E-state index in [0.717, 1.165) is 22.4 Å². The van der Waals surface area contributed by atoms with Crippen LogP contribution in [0.4, 0.5) is 13.2 Å². The first-order valence-corrected chi connectivity index (χ1v) is 7.96. The van der Waals surface area contributed by atoms with Crippen LogP contribution in [-0.4, -0.2) is 30.2 Å². The maximum Gasteiger partial charge on any atom is 0.414 e. The van der Waals surface area contributed by atoms with E-state index in [4.69, 9.17) is 4.74 Å². The Morgan fingerprint density at radius 3 is 2.57 bits per heavy atom. The van der Waals surface area contributed by atoms with Gasteiger partial charge in [-0.05, 0) is 35.8 Å². The van der Waals surface area contributed by atoms with Crippen molar-refractivity contribution in [3.63, 3.8) is 0 Å². The third-order valence-corrected chi connectivity index (χ3v) is 4.51. The van der Waals surface area contributed by atoms with Gasteiger partial charge in [-0.3, -0.25) is 0 Å². The van der Waals surface area contributed by atoms with Gasteiger partial charge < -0.3 is 9.84 Å². The van der Waals surface area contributed by atoms with Crippen molar-refractivity contribution >= 4 is 11.8 Å². The molecule has 6 heteroatoms. The number of halogens is 3. The van der Waals surface area contributed by atoms with E-state index in [-0.39, 0.29) is 6.42 Å². The second kappa shape index (κ2) is 5.72. The molecule has 0 spiro atoms. The maximum atomic E-state index is 12.6. The Morgan fingerprint density at radius 2 is 2.00 bits per heavy atom. The van der Waals surface area contributed by atoms with Gasteiger partial charge in [-0.15, -0.1) is 11.8 Å². The van der Waals surface area contributed by atoms with Gasteiger partial charge in [0.1, 0.15) is 5.75 Å². The Kier molecular flexibility index (Phi) is 4.49. The predicted octanol–water partition coefficient (Wildman–Crippen LogP) is 3.93. The minimum Gasteiger partial charge on any atom is -0.493 e. The molecule has 1 aliphatic heterocycles. The van der Waals surface area contributed by atoms with E-state index >= 15 is 0 Å². The second-order valence-corrected chi connectivity index (χ2v) is 6.79. The molecule has 0 radical (unpaired) electrons. The van der Waals surface area contributed by atoms with Crippen LogP contribution in [0.5, 0.6) is 5.75 Å². The van der Waals surface area contributed by atoms with Crippen molar-refractivity contribution in [3.8, 4) is 5.75 Å². The molecule has 0 saturated carbocycles. The van der Waals surface area contributed by atoms with Gasteiger partial charge in [-0.25, -0.2) is 0 Å². The SMILES string of the molecule is CSc1cc2c(c(C(C)(C)CC(O)C(F)(F)F)c1)OCC2. The van der Waals surface area contributed by atoms with Gasteiger partial charge in [-0.1, -0.05) is 13.8 Å². The molecule has 0 aliphatic carbocycles. The van der Waals surface area contributed by atoms with Crippen molar-refractivity contribution < 1.29 is 23.0 Å². The quantitative estimate of drug-likeness (QED) is 0.852. The zero-order valence-electron chi connectivity index (χ0n) is 12.3. The van der Waals surface area contributed by atoms with Gasteiger partial charge >= 0.3 is 6.18 Å². The summed E-state index contributed by atoms with van der Waals surface area (Å²) < 4.78 is 43.5. The summed E-state index contributed by atoms with van der Waals surface area (Å²) in [6, 6.07) is 3.89. The number of hydrogen-bond acceptors (Lipinski definition) is 3. The monoisotopic (exact) mass is 320 g/mol. The lowest BCUT2D eigenvalue weighted by molar-refractivity contribution is -0.209. The van der Waals surface area contributed by atoms with Crippen molar-refractivity contribution in [1.82, 2.24) is 0 Å². The largest absolute Gasteiger partial charge is 0.493 e. The summed E-state index contributed by atoms with van der Waals surface area (Å²) in [7, 11) is 0. The van der Waals surface area contributed by atoms with Crippen LogP contribution in [0, 0.1) is 0 Å². The average molecular weight is 320 g/mol. The van der Waals surface area contributed by atoms with Crippen LogP contribution in [-0.2, 0) is 11.8 Å². The standard InChI is InChI=1S/C15H19F3O2S/c1-14(2,8-12(19)15(16,17)18)11-7-10(21-3)6-9-4-5-20-13(9)11/h6-7,12,19H,4-5,8H2,1-3H3. The lowest BCUT2D eigenvalue weighted by Gasteiger charge is -2.30. The minimum absolute atomic E-state index is 0.385. The first kappa shape index (κ1) is 16.5. The molecule has 21 heavy (non-hydrogen) atoms. The predicted molar refractivity (Wildman–Crippen MR) is 77.1 cm³/mol. The lowest BCUT2D eigenvalue weighted by atomic mass is 9.78. The third-order valence-electron chi connectivity index (χ3n) is 3.80. The normalized spacial score (nSPS) is 16.5. The van der Waals surface area contributed by atoms with Crippen LogP contribution in [0.2, 0.25) is 0 Å². The van der Waals surface area contributed by atoms with E-state index in [1.807, 2.05) is 18.4 Å². The number of alkyl halides is 3. The smallest absolute Gasteiger partial charge is 0.414 e. The first-order chi connectivity index (χ1) is 9.65. The molecule has 0 saturated heterocycles. The molecule has 1 N–H and O–H groups in total. The summed E-state index contributed by atoms with van der Waals surface area (Å²) in [6.45, 7) is 3.98. The van der Waals surface area contributed by atoms with Crippen LogP contribution in [0.15, 0.2) is 17.0 Å². The van der Waals surface area contributed by atoms with E-state index in [1.165, 1.54) is 0 Å². The highest BCUT2D eigenvalue weighted by Crippen LogP contribution is 2.43. The number of thioether (sulfide) groups is 1. The molecule has 1 aromatic rings. The minimum atomic E-state index is -4.60. The molecule has 118 valence electrons. The Hall–Kier alpha value is -0.880. The van der Waals surface area contributed by atoms with Crippen LogP contribution in [0.3, 0.4) is 0 Å². The van der Waals surface area contributed by atoms with Gasteiger partial charge in [0.2, 0.25) is 0 Å². The van der Waals surface area contributed by atoms with Gasteiger partial charge in [0.15, 0.2) is 6.10 Å². The average Bonchev–Trinajstić information content (AvgIpc) is 2.83. The zero-order chi connectivity index (χ0) is 15.8. The van der Waals surface area contributed by atoms with E-state index in [1.54, 1.807) is 25.6 Å². The Morgan fingerprint density at radius 1 is 1.33 bits per heavy atom. The van der Waals surface area contributed by atoms with Crippen LogP contribution in [0.25, 0.3) is 0 Å². The van der Waals surface area contributed by atoms with Crippen molar-refractivity contribution in [2.75, 3.05) is 12.9 Å². The summed E-state index contributed by atoms with van der Waals surface area (Å²) in [4.78, 5) is 1.00. The molecule has 0 fully saturated rings. The fraction of sp³-hybridized carbons (Fsp3) is 0.600. The highest BCUT2D eigenvalue weighted by Gasteiger charge is 2.43. The molecule has 1 aromatic carbocycles. The molecule has 1 heterocycles. The van der Waals surface area contributed by atoms with E-state index in [0.29, 0.717) is 12.4 Å². The Bertz CT molecular complexity index is 526. The summed E-state index contributed by atoms with van der Waals surface area (Å²) in [6.07, 6.45) is -4.61. The second-order valence-electron chi connectivity index (χ2n) is 5.91. The highest BCUT2D eigenvalue weighted by atomic mass is 32.2. The Labute approximate surface area is 126 Å². The molecule has 2 nitrogen and oxygen atoms in total. The number of hydrogen-bond donors (Lipinski definition) is 1. The molecule has 1 aliphatic rings. The fourth-order valence-electron chi connectivity index (χ4n) is 2.61. The van der Waals surface area contributed by atoms with Crippen molar-refractivity contribution in [1.29, 1.82) is 0 Å². The number of aliphatic hydroxyl groups excluding tert-OH is 1. The zero-order valence-corrected chi connectivity index (χ0v) is 13.1. The number of ether oxygens (including phenoxy) is 1. The van der Waals surface area contributed by atoms with Crippen molar-refractivity contribution in [2.45, 2.75) is 49.3 Å². The van der Waals surface area contributed by atoms with E-state index < -0.39 is 17.7 Å². The topological polar surface area (TPSA) is 29.5 Å². The number of aliphatic hydroxyl groups is 1. The highest BCUT2D eigenvalue weighted by molar-refractivity contribution is 7.98. The number of fused-ring (bicyclic) bond motifs is 1. The van der Waals surface area contributed by atoms with E-state index in [9.17, 15) is 18.3 Å². The molecule has 1 unspecified atom stereocenters. The molecule has 0 bridgehead atoms. The number of benzene rings is 1.